The van der Waals surface area contributed by atoms with Crippen LogP contribution in [0.2, 0.25) is 0 Å². The summed E-state index contributed by atoms with van der Waals surface area (Å²) >= 11 is 3.45. The van der Waals surface area contributed by atoms with Gasteiger partial charge in [0.05, 0.1) is 0 Å². The highest BCUT2D eigenvalue weighted by Gasteiger charge is 2.48. The molecular weight excluding hydrogens is 378 g/mol. The lowest BCUT2D eigenvalue weighted by Crippen LogP contribution is -2.51. The van der Waals surface area contributed by atoms with E-state index in [2.05, 4.69) is 57.7 Å². The van der Waals surface area contributed by atoms with Crippen molar-refractivity contribution in [3.05, 3.63) is 70.2 Å². The third kappa shape index (κ3) is 2.78. The number of aliphatic carboxylic acids is 1. The van der Waals surface area contributed by atoms with Gasteiger partial charge in [0.15, 0.2) is 0 Å². The van der Waals surface area contributed by atoms with Crippen LogP contribution in [-0.4, -0.2) is 16.6 Å². The summed E-state index contributed by atoms with van der Waals surface area (Å²) in [6.45, 7) is 0. The minimum atomic E-state index is -0.905. The lowest BCUT2D eigenvalue weighted by Gasteiger charge is -2.43. The molecule has 2 aromatic rings. The molecular formula is C21H20BrNO2. The number of benzene rings is 2. The predicted octanol–water partition coefficient (Wildman–Crippen LogP) is 5.22. The summed E-state index contributed by atoms with van der Waals surface area (Å²) in [5.41, 5.74) is 2.54. The highest BCUT2D eigenvalue weighted by Crippen LogP contribution is 2.49. The fourth-order valence-corrected chi connectivity index (χ4v) is 4.63. The van der Waals surface area contributed by atoms with Gasteiger partial charge in [0.25, 0.3) is 0 Å². The van der Waals surface area contributed by atoms with Crippen LogP contribution in [0.3, 0.4) is 0 Å². The first-order valence-electron chi connectivity index (χ1n) is 8.59. The number of allylic oxidation sites excluding steroid dienone is 1. The molecule has 1 fully saturated rings. The van der Waals surface area contributed by atoms with E-state index in [9.17, 15) is 9.90 Å². The van der Waals surface area contributed by atoms with Gasteiger partial charge in [0.2, 0.25) is 0 Å². The maximum absolute atomic E-state index is 12.1. The molecule has 2 N–H and O–H groups in total. The Morgan fingerprint density at radius 2 is 1.80 bits per heavy atom. The molecule has 0 amide bonds. The van der Waals surface area contributed by atoms with E-state index in [0.29, 0.717) is 12.8 Å². The van der Waals surface area contributed by atoms with Crippen molar-refractivity contribution >= 4 is 33.7 Å². The second-order valence-electron chi connectivity index (χ2n) is 7.10. The predicted molar refractivity (Wildman–Crippen MR) is 104 cm³/mol. The lowest BCUT2D eigenvalue weighted by atomic mass is 9.65. The summed E-state index contributed by atoms with van der Waals surface area (Å²) < 4.78 is 0.943. The third-order valence-electron chi connectivity index (χ3n) is 5.69. The molecule has 0 aliphatic heterocycles. The zero-order valence-corrected chi connectivity index (χ0v) is 15.4. The van der Waals surface area contributed by atoms with Crippen LogP contribution in [-0.2, 0) is 10.2 Å². The van der Waals surface area contributed by atoms with Crippen molar-refractivity contribution in [2.75, 3.05) is 5.32 Å². The number of nitrogens with one attached hydrogen (secondary N) is 1. The average Bonchev–Trinajstić information content (AvgIpc) is 2.96. The number of halogens is 1. The molecule has 0 radical (unpaired) electrons. The smallest absolute Gasteiger partial charge is 0.329 e. The van der Waals surface area contributed by atoms with Crippen LogP contribution in [0.1, 0.15) is 36.8 Å². The van der Waals surface area contributed by atoms with Crippen molar-refractivity contribution in [2.24, 2.45) is 0 Å². The van der Waals surface area contributed by atoms with E-state index in [1.165, 1.54) is 11.1 Å². The van der Waals surface area contributed by atoms with Gasteiger partial charge >= 0.3 is 5.97 Å². The number of carboxylic acid groups (broad SMARTS) is 1. The van der Waals surface area contributed by atoms with E-state index >= 15 is 0 Å². The van der Waals surface area contributed by atoms with E-state index in [-0.39, 0.29) is 5.41 Å². The monoisotopic (exact) mass is 397 g/mol. The number of fused-ring (bicyclic) bond motifs is 2. The Labute approximate surface area is 155 Å². The number of carbonyl (C=O) groups is 1. The van der Waals surface area contributed by atoms with E-state index in [4.69, 9.17) is 0 Å². The normalized spacial score (nSPS) is 27.2. The van der Waals surface area contributed by atoms with E-state index in [1.54, 1.807) is 0 Å². The molecule has 0 atom stereocenters. The van der Waals surface area contributed by atoms with E-state index in [1.807, 2.05) is 24.3 Å². The van der Waals surface area contributed by atoms with E-state index < -0.39 is 11.5 Å². The molecule has 128 valence electrons. The molecule has 2 aromatic carbocycles. The van der Waals surface area contributed by atoms with Gasteiger partial charge in [-0.15, -0.1) is 0 Å². The Hall–Kier alpha value is -2.07. The molecule has 2 aliphatic rings. The molecule has 0 bridgehead atoms. The molecule has 3 nitrogen and oxygen atoms in total. The zero-order chi connectivity index (χ0) is 17.5. The molecule has 4 rings (SSSR count). The molecule has 25 heavy (non-hydrogen) atoms. The van der Waals surface area contributed by atoms with Gasteiger partial charge < -0.3 is 10.4 Å². The first-order valence-corrected chi connectivity index (χ1v) is 9.38. The SMILES string of the molecule is O=C(O)C1(Nc2cccc(Br)c2)CCC2(C=Cc3ccccc32)CC1. The van der Waals surface area contributed by atoms with Crippen molar-refractivity contribution in [1.82, 2.24) is 0 Å². The van der Waals surface area contributed by atoms with Crippen molar-refractivity contribution in [2.45, 2.75) is 36.6 Å². The second-order valence-corrected chi connectivity index (χ2v) is 8.02. The first kappa shape index (κ1) is 16.4. The Kier molecular flexibility index (Phi) is 3.95. The number of carboxylic acids is 1. The maximum Gasteiger partial charge on any atom is 0.329 e. The zero-order valence-electron chi connectivity index (χ0n) is 13.8. The van der Waals surface area contributed by atoms with Crippen LogP contribution in [0.15, 0.2) is 59.1 Å². The van der Waals surface area contributed by atoms with Gasteiger partial charge in [-0.1, -0.05) is 58.4 Å². The largest absolute Gasteiger partial charge is 0.480 e. The number of hydrogen-bond donors (Lipinski definition) is 2. The quantitative estimate of drug-likeness (QED) is 0.745. The number of hydrogen-bond acceptors (Lipinski definition) is 2. The number of rotatable bonds is 3. The molecule has 4 heteroatoms. The maximum atomic E-state index is 12.1. The van der Waals surface area contributed by atoms with E-state index in [0.717, 1.165) is 23.0 Å². The Morgan fingerprint density at radius 1 is 1.04 bits per heavy atom. The van der Waals surface area contributed by atoms with Crippen molar-refractivity contribution in [3.8, 4) is 0 Å². The summed E-state index contributed by atoms with van der Waals surface area (Å²) in [5.74, 6) is -0.766. The van der Waals surface area contributed by atoms with Gasteiger partial charge in [0, 0.05) is 15.6 Å². The minimum absolute atomic E-state index is 0.00546. The van der Waals surface area contributed by atoms with Crippen LogP contribution in [0.4, 0.5) is 5.69 Å². The summed E-state index contributed by atoms with van der Waals surface area (Å²) in [6.07, 6.45) is 7.36. The summed E-state index contributed by atoms with van der Waals surface area (Å²) in [6, 6.07) is 16.2. The van der Waals surface area contributed by atoms with Crippen LogP contribution < -0.4 is 5.32 Å². The van der Waals surface area contributed by atoms with Crippen LogP contribution in [0.25, 0.3) is 6.08 Å². The minimum Gasteiger partial charge on any atom is -0.480 e. The van der Waals surface area contributed by atoms with Crippen molar-refractivity contribution in [3.63, 3.8) is 0 Å². The lowest BCUT2D eigenvalue weighted by molar-refractivity contribution is -0.143. The molecule has 0 heterocycles. The summed E-state index contributed by atoms with van der Waals surface area (Å²) in [4.78, 5) is 12.1. The van der Waals surface area contributed by atoms with Crippen LogP contribution >= 0.6 is 15.9 Å². The Bertz CT molecular complexity index is 850. The third-order valence-corrected chi connectivity index (χ3v) is 6.19. The number of anilines is 1. The fourth-order valence-electron chi connectivity index (χ4n) is 4.23. The summed E-state index contributed by atoms with van der Waals surface area (Å²) in [7, 11) is 0. The van der Waals surface area contributed by atoms with Gasteiger partial charge in [-0.3, -0.25) is 0 Å². The molecule has 2 aliphatic carbocycles. The molecule has 1 saturated carbocycles. The van der Waals surface area contributed by atoms with Crippen LogP contribution in [0, 0.1) is 0 Å². The molecule has 0 saturated heterocycles. The van der Waals surface area contributed by atoms with Crippen LogP contribution in [0.5, 0.6) is 0 Å². The summed E-state index contributed by atoms with van der Waals surface area (Å²) in [5, 5.41) is 13.3. The highest BCUT2D eigenvalue weighted by molar-refractivity contribution is 9.10. The van der Waals surface area contributed by atoms with Crippen molar-refractivity contribution in [1.29, 1.82) is 0 Å². The van der Waals surface area contributed by atoms with Gasteiger partial charge in [-0.05, 0) is 55.0 Å². The highest BCUT2D eigenvalue weighted by atomic mass is 79.9. The average molecular weight is 398 g/mol. The van der Waals surface area contributed by atoms with Gasteiger partial charge in [-0.2, -0.15) is 0 Å². The first-order chi connectivity index (χ1) is 12.0. The molecule has 1 spiro atoms. The fraction of sp³-hybridized carbons (Fsp3) is 0.286. The Morgan fingerprint density at radius 3 is 2.52 bits per heavy atom. The van der Waals surface area contributed by atoms with Gasteiger partial charge in [0.1, 0.15) is 5.54 Å². The second kappa shape index (κ2) is 6.03. The molecule has 0 unspecified atom stereocenters. The van der Waals surface area contributed by atoms with Crippen molar-refractivity contribution < 1.29 is 9.90 Å². The standard InChI is InChI=1S/C21H20BrNO2/c22-16-5-3-6-17(14-16)23-21(19(24)25)12-10-20(11-13-21)9-8-15-4-1-2-7-18(15)20/h1-9,14,23H,10-13H2,(H,24,25). The topological polar surface area (TPSA) is 49.3 Å². The van der Waals surface area contributed by atoms with Gasteiger partial charge in [-0.25, -0.2) is 4.79 Å². The Balaban J connectivity index is 1.60. The molecule has 0 aromatic heterocycles.